The van der Waals surface area contributed by atoms with Gasteiger partial charge in [0, 0.05) is 11.8 Å². The molecule has 0 saturated heterocycles. The van der Waals surface area contributed by atoms with Crippen molar-refractivity contribution in [3.8, 4) is 0 Å². The first-order chi connectivity index (χ1) is 14.8. The van der Waals surface area contributed by atoms with Gasteiger partial charge >= 0.3 is 0 Å². The Balaban J connectivity index is 1.53. The van der Waals surface area contributed by atoms with Gasteiger partial charge in [-0.05, 0) is 37.6 Å². The average molecular weight is 477 g/mol. The molecule has 1 aromatic heterocycles. The van der Waals surface area contributed by atoms with Crippen LogP contribution in [0.25, 0.3) is 0 Å². The molecule has 0 saturated carbocycles. The average Bonchev–Trinajstić information content (AvgIpc) is 3.17. The van der Waals surface area contributed by atoms with Crippen LogP contribution in [0.3, 0.4) is 0 Å². The van der Waals surface area contributed by atoms with Gasteiger partial charge in [0.15, 0.2) is 0 Å². The molecule has 0 aliphatic carbocycles. The number of hydrogen-bond acceptors (Lipinski definition) is 4. The fourth-order valence-corrected chi connectivity index (χ4v) is 3.80. The van der Waals surface area contributed by atoms with Gasteiger partial charge in [0.2, 0.25) is 11.8 Å². The van der Waals surface area contributed by atoms with Gasteiger partial charge in [-0.15, -0.1) is 11.8 Å². The second-order valence-electron chi connectivity index (χ2n) is 6.94. The summed E-state index contributed by atoms with van der Waals surface area (Å²) in [7, 11) is 0. The Morgan fingerprint density at radius 2 is 1.84 bits per heavy atom. The van der Waals surface area contributed by atoms with Crippen molar-refractivity contribution in [1.82, 2.24) is 9.78 Å². The third-order valence-electron chi connectivity index (χ3n) is 4.49. The molecular weight excluding hydrogens is 455 g/mol. The van der Waals surface area contributed by atoms with E-state index < -0.39 is 5.25 Å². The highest BCUT2D eigenvalue weighted by Crippen LogP contribution is 2.27. The lowest BCUT2D eigenvalue weighted by Crippen LogP contribution is -2.26. The number of hydrogen-bond donors (Lipinski definition) is 2. The summed E-state index contributed by atoms with van der Waals surface area (Å²) in [6, 6.07) is 14.6. The van der Waals surface area contributed by atoms with Crippen LogP contribution in [0, 0.1) is 6.92 Å². The Kier molecular flexibility index (Phi) is 8.01. The van der Waals surface area contributed by atoms with Gasteiger partial charge < -0.3 is 10.6 Å². The van der Waals surface area contributed by atoms with Gasteiger partial charge in [0.05, 0.1) is 33.8 Å². The number of rotatable bonds is 8. The van der Waals surface area contributed by atoms with Crippen molar-refractivity contribution in [3.05, 3.63) is 75.9 Å². The lowest BCUT2D eigenvalue weighted by atomic mass is 10.2. The summed E-state index contributed by atoms with van der Waals surface area (Å²) in [5.41, 5.74) is 2.65. The maximum atomic E-state index is 12.6. The van der Waals surface area contributed by atoms with Crippen molar-refractivity contribution in [3.63, 3.8) is 0 Å². The van der Waals surface area contributed by atoms with E-state index in [0.29, 0.717) is 22.4 Å². The number of benzene rings is 2. The van der Waals surface area contributed by atoms with Gasteiger partial charge in [0.1, 0.15) is 5.82 Å². The van der Waals surface area contributed by atoms with Gasteiger partial charge in [-0.2, -0.15) is 5.10 Å². The Morgan fingerprint density at radius 1 is 1.10 bits per heavy atom. The summed E-state index contributed by atoms with van der Waals surface area (Å²) in [4.78, 5) is 24.7. The van der Waals surface area contributed by atoms with E-state index in [1.165, 1.54) is 11.8 Å². The van der Waals surface area contributed by atoms with Crippen LogP contribution in [0.2, 0.25) is 10.0 Å². The third kappa shape index (κ3) is 6.50. The molecule has 3 rings (SSSR count). The van der Waals surface area contributed by atoms with Crippen LogP contribution in [-0.2, 0) is 16.1 Å². The molecule has 0 bridgehead atoms. The van der Waals surface area contributed by atoms with Crippen LogP contribution in [0.4, 0.5) is 11.5 Å². The van der Waals surface area contributed by atoms with Crippen LogP contribution in [-0.4, -0.2) is 32.6 Å². The SMILES string of the molecule is Cc1ccc(NC(=O)CSC(C)C(=O)Nc2ccnn2Cc2cccc(Cl)c2Cl)cc1. The molecule has 3 aromatic rings. The fourth-order valence-electron chi connectivity index (χ4n) is 2.73. The van der Waals surface area contributed by atoms with E-state index in [9.17, 15) is 9.59 Å². The zero-order valence-corrected chi connectivity index (χ0v) is 19.4. The van der Waals surface area contributed by atoms with Crippen molar-refractivity contribution in [2.24, 2.45) is 0 Å². The number of carbonyl (C=O) groups excluding carboxylic acids is 2. The monoisotopic (exact) mass is 476 g/mol. The summed E-state index contributed by atoms with van der Waals surface area (Å²) in [6.07, 6.45) is 1.60. The van der Waals surface area contributed by atoms with Crippen LogP contribution in [0.5, 0.6) is 0 Å². The number of aryl methyl sites for hydroxylation is 1. The highest BCUT2D eigenvalue weighted by molar-refractivity contribution is 8.01. The number of thioether (sulfide) groups is 1. The number of nitrogens with one attached hydrogen (secondary N) is 2. The van der Waals surface area contributed by atoms with E-state index in [4.69, 9.17) is 23.2 Å². The minimum Gasteiger partial charge on any atom is -0.325 e. The highest BCUT2D eigenvalue weighted by Gasteiger charge is 2.18. The quantitative estimate of drug-likeness (QED) is 0.465. The minimum absolute atomic E-state index is 0.158. The molecule has 1 atom stereocenters. The Bertz CT molecular complexity index is 1070. The predicted octanol–water partition coefficient (Wildman–Crippen LogP) is 5.25. The molecule has 9 heteroatoms. The number of halogens is 2. The van der Waals surface area contributed by atoms with E-state index in [-0.39, 0.29) is 17.6 Å². The van der Waals surface area contributed by atoms with Crippen LogP contribution < -0.4 is 10.6 Å². The molecule has 0 fully saturated rings. The number of aromatic nitrogens is 2. The standard InChI is InChI=1S/C22H22Cl2N4O2S/c1-14-6-8-17(9-7-14)26-20(29)13-31-15(2)22(30)27-19-10-11-25-28(19)12-16-4-3-5-18(23)21(16)24/h3-11,15H,12-13H2,1-2H3,(H,26,29)(H,27,30). The predicted molar refractivity (Wildman–Crippen MR) is 128 cm³/mol. The lowest BCUT2D eigenvalue weighted by Gasteiger charge is -2.14. The maximum Gasteiger partial charge on any atom is 0.238 e. The second-order valence-corrected chi connectivity index (χ2v) is 9.06. The van der Waals surface area contributed by atoms with Crippen molar-refractivity contribution in [1.29, 1.82) is 0 Å². The molecule has 2 aromatic carbocycles. The van der Waals surface area contributed by atoms with Crippen LogP contribution in [0.1, 0.15) is 18.1 Å². The molecule has 0 aliphatic heterocycles. The highest BCUT2D eigenvalue weighted by atomic mass is 35.5. The molecule has 162 valence electrons. The number of amides is 2. The van der Waals surface area contributed by atoms with Crippen molar-refractivity contribution < 1.29 is 9.59 Å². The Labute approximate surface area is 195 Å². The molecule has 0 radical (unpaired) electrons. The molecule has 1 heterocycles. The topological polar surface area (TPSA) is 76.0 Å². The maximum absolute atomic E-state index is 12.6. The van der Waals surface area contributed by atoms with E-state index in [1.807, 2.05) is 43.3 Å². The first kappa shape index (κ1) is 23.2. The summed E-state index contributed by atoms with van der Waals surface area (Å²) < 4.78 is 1.64. The van der Waals surface area contributed by atoms with E-state index in [1.54, 1.807) is 29.9 Å². The molecule has 1 unspecified atom stereocenters. The zero-order valence-electron chi connectivity index (χ0n) is 17.1. The summed E-state index contributed by atoms with van der Waals surface area (Å²) in [5, 5.41) is 10.4. The normalized spacial score (nSPS) is 11.7. The smallest absolute Gasteiger partial charge is 0.238 e. The van der Waals surface area contributed by atoms with Crippen molar-refractivity contribution in [2.75, 3.05) is 16.4 Å². The molecule has 31 heavy (non-hydrogen) atoms. The van der Waals surface area contributed by atoms with Crippen molar-refractivity contribution >= 4 is 58.3 Å². The van der Waals surface area contributed by atoms with Crippen LogP contribution in [0.15, 0.2) is 54.7 Å². The van der Waals surface area contributed by atoms with Gasteiger partial charge in [-0.3, -0.25) is 9.59 Å². The lowest BCUT2D eigenvalue weighted by molar-refractivity contribution is -0.115. The van der Waals surface area contributed by atoms with Crippen LogP contribution >= 0.6 is 35.0 Å². The Morgan fingerprint density at radius 3 is 2.58 bits per heavy atom. The summed E-state index contributed by atoms with van der Waals surface area (Å²) >= 11 is 13.6. The third-order valence-corrected chi connectivity index (χ3v) is 6.49. The van der Waals surface area contributed by atoms with E-state index >= 15 is 0 Å². The zero-order chi connectivity index (χ0) is 22.4. The summed E-state index contributed by atoms with van der Waals surface area (Å²) in [6.45, 7) is 4.10. The van der Waals surface area contributed by atoms with E-state index in [0.717, 1.165) is 16.8 Å². The fraction of sp³-hybridized carbons (Fsp3) is 0.227. The van der Waals surface area contributed by atoms with E-state index in [2.05, 4.69) is 15.7 Å². The van der Waals surface area contributed by atoms with Gasteiger partial charge in [0.25, 0.3) is 0 Å². The first-order valence-corrected chi connectivity index (χ1v) is 11.4. The molecule has 0 spiro atoms. The Hall–Kier alpha value is -2.48. The largest absolute Gasteiger partial charge is 0.325 e. The first-order valence-electron chi connectivity index (χ1n) is 9.57. The molecule has 2 amide bonds. The minimum atomic E-state index is -0.429. The number of carbonyl (C=O) groups is 2. The molecule has 6 nitrogen and oxygen atoms in total. The number of nitrogens with zero attached hydrogens (tertiary/aromatic N) is 2. The summed E-state index contributed by atoms with van der Waals surface area (Å²) in [5.74, 6) is 0.332. The second kappa shape index (κ2) is 10.7. The van der Waals surface area contributed by atoms with Crippen molar-refractivity contribution in [2.45, 2.75) is 25.6 Å². The van der Waals surface area contributed by atoms with Gasteiger partial charge in [-0.1, -0.05) is 53.0 Å². The number of anilines is 2. The van der Waals surface area contributed by atoms with Gasteiger partial charge in [-0.25, -0.2) is 4.68 Å². The molecule has 2 N–H and O–H groups in total. The molecular formula is C22H22Cl2N4O2S. The molecule has 0 aliphatic rings.